The number of nitrogens with zero attached hydrogens (tertiary/aromatic N) is 4. The van der Waals surface area contributed by atoms with Crippen molar-refractivity contribution in [1.82, 2.24) is 25.1 Å². The fourth-order valence-electron chi connectivity index (χ4n) is 2.27. The molecule has 1 unspecified atom stereocenters. The van der Waals surface area contributed by atoms with E-state index in [4.69, 9.17) is 0 Å². The van der Waals surface area contributed by atoms with Crippen LogP contribution >= 0.6 is 0 Å². The fraction of sp³-hybridized carbons (Fsp3) is 0.533. The van der Waals surface area contributed by atoms with Crippen molar-refractivity contribution in [1.29, 1.82) is 0 Å². The van der Waals surface area contributed by atoms with Gasteiger partial charge < -0.3 is 5.32 Å². The maximum absolute atomic E-state index is 4.58. The van der Waals surface area contributed by atoms with Crippen molar-refractivity contribution < 1.29 is 0 Å². The van der Waals surface area contributed by atoms with Gasteiger partial charge in [-0.1, -0.05) is 13.8 Å². The minimum Gasteiger partial charge on any atom is -0.309 e. The Bertz CT molecular complexity index is 544. The van der Waals surface area contributed by atoms with E-state index in [0.29, 0.717) is 6.04 Å². The van der Waals surface area contributed by atoms with E-state index in [2.05, 4.69) is 46.4 Å². The van der Waals surface area contributed by atoms with Crippen LogP contribution in [0.25, 0.3) is 5.69 Å². The Morgan fingerprint density at radius 2 is 2.05 bits per heavy atom. The molecule has 0 fully saturated rings. The molecule has 5 heteroatoms. The Labute approximate surface area is 120 Å². The molecular weight excluding hydrogens is 250 g/mol. The largest absolute Gasteiger partial charge is 0.309 e. The molecule has 0 bridgehead atoms. The van der Waals surface area contributed by atoms with Crippen LogP contribution in [0.15, 0.2) is 18.3 Å². The molecule has 1 N–H and O–H groups in total. The minimum atomic E-state index is 0.322. The molecular formula is C15H23N5. The average molecular weight is 273 g/mol. The van der Waals surface area contributed by atoms with Gasteiger partial charge in [0.2, 0.25) is 0 Å². The Morgan fingerprint density at radius 3 is 2.55 bits per heavy atom. The molecule has 0 aliphatic heterocycles. The molecule has 0 saturated heterocycles. The zero-order valence-corrected chi connectivity index (χ0v) is 12.7. The van der Waals surface area contributed by atoms with Gasteiger partial charge in [0.15, 0.2) is 0 Å². The van der Waals surface area contributed by atoms with Crippen LogP contribution in [-0.4, -0.2) is 26.3 Å². The molecule has 0 saturated carbocycles. The van der Waals surface area contributed by atoms with Gasteiger partial charge in [-0.25, -0.2) is 9.67 Å². The molecule has 0 aliphatic rings. The highest BCUT2D eigenvalue weighted by atomic mass is 15.3. The maximum Gasteiger partial charge on any atom is 0.148 e. The van der Waals surface area contributed by atoms with E-state index in [0.717, 1.165) is 42.4 Å². The van der Waals surface area contributed by atoms with Crippen LogP contribution in [0, 0.1) is 13.8 Å². The topological polar surface area (TPSA) is 55.6 Å². The highest BCUT2D eigenvalue weighted by Gasteiger charge is 2.11. The van der Waals surface area contributed by atoms with E-state index in [9.17, 15) is 0 Å². The summed E-state index contributed by atoms with van der Waals surface area (Å²) in [4.78, 5) is 8.89. The third-order valence-electron chi connectivity index (χ3n) is 3.30. The Balaban J connectivity index is 2.19. The lowest BCUT2D eigenvalue weighted by atomic mass is 10.1. The van der Waals surface area contributed by atoms with Crippen LogP contribution in [0.1, 0.15) is 50.1 Å². The summed E-state index contributed by atoms with van der Waals surface area (Å²) < 4.78 is 1.83. The SMILES string of the molecule is CCCNC(CC)c1ccc(-n2nc(C)nc2C)cn1. The highest BCUT2D eigenvalue weighted by Crippen LogP contribution is 2.16. The van der Waals surface area contributed by atoms with E-state index >= 15 is 0 Å². The number of rotatable bonds is 6. The molecule has 2 aromatic rings. The lowest BCUT2D eigenvalue weighted by Gasteiger charge is -2.16. The zero-order chi connectivity index (χ0) is 14.5. The fourth-order valence-corrected chi connectivity index (χ4v) is 2.27. The number of pyridine rings is 1. The third kappa shape index (κ3) is 3.22. The molecule has 5 nitrogen and oxygen atoms in total. The van der Waals surface area contributed by atoms with Gasteiger partial charge in [0, 0.05) is 6.04 Å². The number of aromatic nitrogens is 4. The maximum atomic E-state index is 4.58. The monoisotopic (exact) mass is 273 g/mol. The summed E-state index contributed by atoms with van der Waals surface area (Å²) in [6.07, 6.45) is 4.03. The van der Waals surface area contributed by atoms with E-state index in [1.165, 1.54) is 0 Å². The van der Waals surface area contributed by atoms with Crippen molar-refractivity contribution in [3.63, 3.8) is 0 Å². The first-order valence-corrected chi connectivity index (χ1v) is 7.25. The molecule has 2 aromatic heterocycles. The molecule has 0 aromatic carbocycles. The summed E-state index contributed by atoms with van der Waals surface area (Å²) >= 11 is 0. The Kier molecular flexibility index (Phi) is 4.84. The predicted molar refractivity (Wildman–Crippen MR) is 80.0 cm³/mol. The van der Waals surface area contributed by atoms with Crippen molar-refractivity contribution in [2.24, 2.45) is 0 Å². The molecule has 2 heterocycles. The number of nitrogens with one attached hydrogen (secondary N) is 1. The van der Waals surface area contributed by atoms with Crippen LogP contribution in [0.4, 0.5) is 0 Å². The standard InChI is InChI=1S/C15H23N5/c1-5-9-16-14(6-2)15-8-7-13(10-17-15)20-12(4)18-11(3)19-20/h7-8,10,14,16H,5-6,9H2,1-4H3. The number of hydrogen-bond acceptors (Lipinski definition) is 4. The first-order valence-electron chi connectivity index (χ1n) is 7.25. The summed E-state index contributed by atoms with van der Waals surface area (Å²) in [5, 5.41) is 7.89. The molecule has 1 atom stereocenters. The first kappa shape index (κ1) is 14.7. The summed E-state index contributed by atoms with van der Waals surface area (Å²) in [5.41, 5.74) is 2.04. The summed E-state index contributed by atoms with van der Waals surface area (Å²) in [6, 6.07) is 4.45. The van der Waals surface area contributed by atoms with Crippen LogP contribution in [0.5, 0.6) is 0 Å². The van der Waals surface area contributed by atoms with Crippen LogP contribution in [-0.2, 0) is 0 Å². The van der Waals surface area contributed by atoms with Gasteiger partial charge in [-0.05, 0) is 45.4 Å². The van der Waals surface area contributed by atoms with Gasteiger partial charge in [0.05, 0.1) is 17.6 Å². The van der Waals surface area contributed by atoms with Crippen molar-refractivity contribution in [2.45, 2.75) is 46.6 Å². The van der Waals surface area contributed by atoms with Gasteiger partial charge in [-0.3, -0.25) is 4.98 Å². The molecule has 0 aliphatic carbocycles. The predicted octanol–water partition coefficient (Wildman–Crippen LogP) is 2.73. The van der Waals surface area contributed by atoms with E-state index < -0.39 is 0 Å². The normalized spacial score (nSPS) is 12.6. The third-order valence-corrected chi connectivity index (χ3v) is 3.30. The quantitative estimate of drug-likeness (QED) is 0.879. The summed E-state index contributed by atoms with van der Waals surface area (Å²) in [6.45, 7) is 9.21. The average Bonchev–Trinajstić information content (AvgIpc) is 2.79. The van der Waals surface area contributed by atoms with E-state index in [1.807, 2.05) is 24.7 Å². The second-order valence-corrected chi connectivity index (χ2v) is 4.97. The molecule has 2 rings (SSSR count). The van der Waals surface area contributed by atoms with Crippen molar-refractivity contribution in [2.75, 3.05) is 6.54 Å². The molecule has 0 amide bonds. The molecule has 0 radical (unpaired) electrons. The van der Waals surface area contributed by atoms with Crippen molar-refractivity contribution >= 4 is 0 Å². The minimum absolute atomic E-state index is 0.322. The second kappa shape index (κ2) is 6.61. The lowest BCUT2D eigenvalue weighted by molar-refractivity contribution is 0.507. The van der Waals surface area contributed by atoms with E-state index in [-0.39, 0.29) is 0 Å². The van der Waals surface area contributed by atoms with Crippen molar-refractivity contribution in [3.8, 4) is 5.69 Å². The number of aryl methyl sites for hydroxylation is 2. The lowest BCUT2D eigenvalue weighted by Crippen LogP contribution is -2.22. The van der Waals surface area contributed by atoms with Crippen molar-refractivity contribution in [3.05, 3.63) is 35.7 Å². The summed E-state index contributed by atoms with van der Waals surface area (Å²) in [7, 11) is 0. The van der Waals surface area contributed by atoms with Crippen LogP contribution in [0.2, 0.25) is 0 Å². The first-order chi connectivity index (χ1) is 9.65. The Hall–Kier alpha value is -1.75. The van der Waals surface area contributed by atoms with Gasteiger partial charge in [0.25, 0.3) is 0 Å². The molecule has 108 valence electrons. The molecule has 0 spiro atoms. The number of hydrogen-bond donors (Lipinski definition) is 1. The van der Waals surface area contributed by atoms with Gasteiger partial charge in [-0.15, -0.1) is 0 Å². The summed E-state index contributed by atoms with van der Waals surface area (Å²) in [5.74, 6) is 1.66. The van der Waals surface area contributed by atoms with Crippen LogP contribution < -0.4 is 5.32 Å². The van der Waals surface area contributed by atoms with Gasteiger partial charge in [-0.2, -0.15) is 5.10 Å². The smallest absolute Gasteiger partial charge is 0.148 e. The second-order valence-electron chi connectivity index (χ2n) is 4.97. The van der Waals surface area contributed by atoms with Crippen LogP contribution in [0.3, 0.4) is 0 Å². The van der Waals surface area contributed by atoms with E-state index in [1.54, 1.807) is 0 Å². The van der Waals surface area contributed by atoms with Gasteiger partial charge in [0.1, 0.15) is 11.6 Å². The Morgan fingerprint density at radius 1 is 1.25 bits per heavy atom. The van der Waals surface area contributed by atoms with Gasteiger partial charge >= 0.3 is 0 Å². The highest BCUT2D eigenvalue weighted by molar-refractivity contribution is 5.30. The molecule has 20 heavy (non-hydrogen) atoms. The zero-order valence-electron chi connectivity index (χ0n) is 12.7.